The van der Waals surface area contributed by atoms with Gasteiger partial charge in [0.2, 0.25) is 0 Å². The summed E-state index contributed by atoms with van der Waals surface area (Å²) in [5.74, 6) is -2.58. The van der Waals surface area contributed by atoms with Crippen LogP contribution in [0, 0.1) is 11.6 Å². The molecule has 0 aliphatic rings. The number of benzene rings is 3. The molecule has 220 valence electrons. The molecule has 3 heterocycles. The highest BCUT2D eigenvalue weighted by atomic mass is 19.2. The number of nitrogens with zero attached hydrogens (tertiary/aromatic N) is 4. The number of aromatic amines is 1. The second-order valence-corrected chi connectivity index (χ2v) is 10.6. The Hall–Kier alpha value is -5.64. The molecule has 0 spiro atoms. The van der Waals surface area contributed by atoms with Gasteiger partial charge in [0.25, 0.3) is 11.5 Å². The Morgan fingerprint density at radius 1 is 0.909 bits per heavy atom. The van der Waals surface area contributed by atoms with Crippen molar-refractivity contribution in [1.29, 1.82) is 0 Å². The first-order valence-corrected chi connectivity index (χ1v) is 13.9. The van der Waals surface area contributed by atoms with Crippen molar-refractivity contribution in [2.45, 2.75) is 13.1 Å². The highest BCUT2D eigenvalue weighted by molar-refractivity contribution is 5.96. The fourth-order valence-electron chi connectivity index (χ4n) is 5.03. The second-order valence-electron chi connectivity index (χ2n) is 10.6. The molecule has 0 unspecified atom stereocenters. The van der Waals surface area contributed by atoms with Crippen LogP contribution < -0.4 is 15.8 Å². The van der Waals surface area contributed by atoms with Gasteiger partial charge in [-0.25, -0.2) is 18.7 Å². The molecule has 44 heavy (non-hydrogen) atoms. The maximum absolute atomic E-state index is 13.6. The van der Waals surface area contributed by atoms with Crippen LogP contribution in [0.4, 0.5) is 14.5 Å². The van der Waals surface area contributed by atoms with Crippen molar-refractivity contribution in [2.24, 2.45) is 0 Å². The molecule has 10 heteroatoms. The number of anilines is 1. The van der Waals surface area contributed by atoms with Crippen molar-refractivity contribution < 1.29 is 13.6 Å². The molecule has 1 amide bonds. The lowest BCUT2D eigenvalue weighted by atomic mass is 10.0. The number of fused-ring (bicyclic) bond motifs is 1. The first-order valence-electron chi connectivity index (χ1n) is 13.9. The summed E-state index contributed by atoms with van der Waals surface area (Å²) in [6.07, 6.45) is 6.22. The van der Waals surface area contributed by atoms with Gasteiger partial charge in [0.05, 0.1) is 12.9 Å². The van der Waals surface area contributed by atoms with Crippen LogP contribution in [0.15, 0.2) is 103 Å². The van der Waals surface area contributed by atoms with E-state index < -0.39 is 23.1 Å². The Balaban J connectivity index is 1.19. The van der Waals surface area contributed by atoms with Crippen LogP contribution in [0.5, 0.6) is 0 Å². The number of amides is 1. The zero-order chi connectivity index (χ0) is 30.8. The number of hydrogen-bond acceptors (Lipinski definition) is 5. The molecular weight excluding hydrogens is 562 g/mol. The summed E-state index contributed by atoms with van der Waals surface area (Å²) in [6.45, 7) is 0.114. The summed E-state index contributed by atoms with van der Waals surface area (Å²) in [7, 11) is 4.01. The van der Waals surface area contributed by atoms with Gasteiger partial charge in [-0.05, 0) is 58.7 Å². The van der Waals surface area contributed by atoms with Gasteiger partial charge in [-0.3, -0.25) is 14.2 Å². The molecule has 6 rings (SSSR count). The molecule has 0 saturated heterocycles. The molecule has 0 atom stereocenters. The molecule has 0 aliphatic heterocycles. The topological polar surface area (TPSA) is 95.9 Å². The number of hydrogen-bond donors (Lipinski definition) is 2. The van der Waals surface area contributed by atoms with Crippen LogP contribution in [0.2, 0.25) is 0 Å². The van der Waals surface area contributed by atoms with Gasteiger partial charge in [-0.15, -0.1) is 0 Å². The van der Waals surface area contributed by atoms with E-state index in [0.29, 0.717) is 5.56 Å². The first kappa shape index (κ1) is 28.5. The fourth-order valence-corrected chi connectivity index (χ4v) is 5.03. The molecule has 0 bridgehead atoms. The molecule has 2 N–H and O–H groups in total. The lowest BCUT2D eigenvalue weighted by Crippen LogP contribution is -2.33. The lowest BCUT2D eigenvalue weighted by Gasteiger charge is -2.12. The predicted molar refractivity (Wildman–Crippen MR) is 166 cm³/mol. The number of carbonyl (C=O) groups excluding carboxylic acids is 1. The van der Waals surface area contributed by atoms with Crippen LogP contribution in [-0.4, -0.2) is 39.5 Å². The Morgan fingerprint density at radius 2 is 1.73 bits per heavy atom. The lowest BCUT2D eigenvalue weighted by molar-refractivity contribution is 0.0948. The monoisotopic (exact) mass is 590 g/mol. The van der Waals surface area contributed by atoms with E-state index in [0.717, 1.165) is 56.7 Å². The van der Waals surface area contributed by atoms with Gasteiger partial charge in [0.15, 0.2) is 11.6 Å². The van der Waals surface area contributed by atoms with E-state index in [1.54, 1.807) is 0 Å². The number of carbonyl (C=O) groups is 1. The average molecular weight is 591 g/mol. The number of rotatable bonds is 8. The van der Waals surface area contributed by atoms with Crippen molar-refractivity contribution in [2.75, 3.05) is 19.0 Å². The van der Waals surface area contributed by atoms with E-state index in [4.69, 9.17) is 0 Å². The van der Waals surface area contributed by atoms with Gasteiger partial charge in [-0.2, -0.15) is 0 Å². The molecular formula is C34H28F2N6O2. The Bertz CT molecular complexity index is 2050. The summed E-state index contributed by atoms with van der Waals surface area (Å²) in [5.41, 5.74) is 6.32. The molecule has 0 aliphatic carbocycles. The standard InChI is InChI=1S/C34H28F2N6O2/c1-41(2)26-9-7-23(8-10-26)25-14-27-28(18-39-32(27)38-16-25)24-5-3-4-21(12-24)15-40-33(43)29-17-37-20-42(34(29)44)19-22-6-11-30(35)31(36)13-22/h3-14,16-18,20H,15,19H2,1-2H3,(H,38,39)(H,40,43). The summed E-state index contributed by atoms with van der Waals surface area (Å²) in [5, 5.41) is 3.76. The molecule has 3 aromatic heterocycles. The highest BCUT2D eigenvalue weighted by Crippen LogP contribution is 2.32. The smallest absolute Gasteiger partial charge is 0.266 e. The van der Waals surface area contributed by atoms with Gasteiger partial charge in [0.1, 0.15) is 11.2 Å². The minimum atomic E-state index is -1.01. The van der Waals surface area contributed by atoms with Crippen LogP contribution in [0.25, 0.3) is 33.3 Å². The minimum Gasteiger partial charge on any atom is -0.378 e. The van der Waals surface area contributed by atoms with E-state index in [-0.39, 0.29) is 18.7 Å². The Labute approximate surface area is 251 Å². The first-order chi connectivity index (χ1) is 21.3. The van der Waals surface area contributed by atoms with E-state index in [9.17, 15) is 18.4 Å². The molecule has 3 aromatic carbocycles. The molecule has 0 fully saturated rings. The average Bonchev–Trinajstić information content (AvgIpc) is 3.46. The fraction of sp³-hybridized carbons (Fsp3) is 0.118. The quantitative estimate of drug-likeness (QED) is 0.235. The van der Waals surface area contributed by atoms with E-state index in [1.165, 1.54) is 23.2 Å². The summed E-state index contributed by atoms with van der Waals surface area (Å²) in [4.78, 5) is 39.9. The van der Waals surface area contributed by atoms with Crippen LogP contribution in [-0.2, 0) is 13.1 Å². The van der Waals surface area contributed by atoms with Crippen molar-refractivity contribution in [3.63, 3.8) is 0 Å². The molecule has 0 radical (unpaired) electrons. The maximum atomic E-state index is 13.6. The number of halogens is 2. The van der Waals surface area contributed by atoms with Crippen molar-refractivity contribution in [3.05, 3.63) is 136 Å². The van der Waals surface area contributed by atoms with Crippen molar-refractivity contribution >= 4 is 22.6 Å². The number of H-pyrrole nitrogens is 1. The van der Waals surface area contributed by atoms with E-state index in [1.807, 2.05) is 50.8 Å². The minimum absolute atomic E-state index is 0.0607. The van der Waals surface area contributed by atoms with Gasteiger partial charge in [-0.1, -0.05) is 36.4 Å². The van der Waals surface area contributed by atoms with Gasteiger partial charge < -0.3 is 15.2 Å². The second kappa shape index (κ2) is 11.9. The van der Waals surface area contributed by atoms with Gasteiger partial charge in [0, 0.05) is 61.4 Å². The maximum Gasteiger partial charge on any atom is 0.266 e. The molecule has 8 nitrogen and oxygen atoms in total. The number of aromatic nitrogens is 4. The number of nitrogens with one attached hydrogen (secondary N) is 2. The summed E-state index contributed by atoms with van der Waals surface area (Å²) < 4.78 is 28.1. The largest absolute Gasteiger partial charge is 0.378 e. The molecule has 0 saturated carbocycles. The van der Waals surface area contributed by atoms with E-state index in [2.05, 4.69) is 55.5 Å². The van der Waals surface area contributed by atoms with Crippen LogP contribution >= 0.6 is 0 Å². The van der Waals surface area contributed by atoms with Crippen LogP contribution in [0.3, 0.4) is 0 Å². The third-order valence-electron chi connectivity index (χ3n) is 7.42. The SMILES string of the molecule is CN(C)c1ccc(-c2cnc3[nH]cc(-c4cccc(CNC(=O)c5cncn(Cc6ccc(F)c(F)c6)c5=O)c4)c3c2)cc1. The summed E-state index contributed by atoms with van der Waals surface area (Å²) >= 11 is 0. The van der Waals surface area contributed by atoms with Crippen molar-refractivity contribution in [1.82, 2.24) is 24.8 Å². The zero-order valence-corrected chi connectivity index (χ0v) is 24.0. The number of pyridine rings is 1. The normalized spacial score (nSPS) is 11.1. The van der Waals surface area contributed by atoms with Gasteiger partial charge >= 0.3 is 0 Å². The van der Waals surface area contributed by atoms with Crippen LogP contribution in [0.1, 0.15) is 21.5 Å². The molecule has 6 aromatic rings. The summed E-state index contributed by atoms with van der Waals surface area (Å²) in [6, 6.07) is 21.5. The van der Waals surface area contributed by atoms with Crippen molar-refractivity contribution in [3.8, 4) is 22.3 Å². The Kier molecular flexibility index (Phi) is 7.72. The predicted octanol–water partition coefficient (Wildman–Crippen LogP) is 5.78. The third-order valence-corrected chi connectivity index (χ3v) is 7.42. The zero-order valence-electron chi connectivity index (χ0n) is 24.0. The Morgan fingerprint density at radius 3 is 2.50 bits per heavy atom. The third kappa shape index (κ3) is 5.82. The van der Waals surface area contributed by atoms with E-state index >= 15 is 0 Å². The highest BCUT2D eigenvalue weighted by Gasteiger charge is 2.15.